The summed E-state index contributed by atoms with van der Waals surface area (Å²) >= 11 is 0. The minimum Gasteiger partial charge on any atom is -1.00 e. The van der Waals surface area contributed by atoms with E-state index in [1.54, 1.807) is 0 Å². The molecule has 1 aromatic heterocycles. The topological polar surface area (TPSA) is 38.1 Å². The number of hydrogen-bond acceptors (Lipinski definition) is 2. The van der Waals surface area contributed by atoms with Crippen LogP contribution < -0.4 is 27.6 Å². The van der Waals surface area contributed by atoms with E-state index >= 15 is 0 Å². The molecule has 2 N–H and O–H groups in total. The van der Waals surface area contributed by atoms with Crippen LogP contribution in [0, 0.1) is 12.8 Å². The van der Waals surface area contributed by atoms with Crippen molar-refractivity contribution in [3.8, 4) is 0 Å². The van der Waals surface area contributed by atoms with Crippen molar-refractivity contribution >= 4 is 21.6 Å². The Kier molecular flexibility index (Phi) is 6.45. The van der Waals surface area contributed by atoms with E-state index in [-0.39, 0.29) is 17.9 Å². The highest BCUT2D eigenvalue weighted by molar-refractivity contribution is 6.08. The fourth-order valence-electron chi connectivity index (χ4n) is 3.76. The SMILES string of the molecule is Cc1cc(N2CCC(n3cc[n+](C(C)(C)C(C)C[SiH3])c3)C2)ccc1N.[Cl-]. The van der Waals surface area contributed by atoms with Gasteiger partial charge in [0.15, 0.2) is 0 Å². The van der Waals surface area contributed by atoms with E-state index in [1.807, 2.05) is 6.07 Å². The molecule has 2 unspecified atom stereocenters. The van der Waals surface area contributed by atoms with Gasteiger partial charge in [-0.25, -0.2) is 9.13 Å². The molecule has 1 aliphatic rings. The fourth-order valence-corrected chi connectivity index (χ4v) is 4.76. The van der Waals surface area contributed by atoms with Crippen LogP contribution in [0.2, 0.25) is 6.04 Å². The summed E-state index contributed by atoms with van der Waals surface area (Å²) in [6.07, 6.45) is 8.01. The van der Waals surface area contributed by atoms with Crippen LogP contribution >= 0.6 is 0 Å². The first-order valence-corrected chi connectivity index (χ1v) is 10.9. The van der Waals surface area contributed by atoms with E-state index in [9.17, 15) is 0 Å². The molecule has 0 amide bonds. The number of aromatic nitrogens is 2. The molecule has 1 aromatic carbocycles. The van der Waals surface area contributed by atoms with Crippen molar-refractivity contribution in [2.45, 2.75) is 51.7 Å². The lowest BCUT2D eigenvalue weighted by Gasteiger charge is -2.27. The first-order chi connectivity index (χ1) is 11.8. The number of nitrogens with zero attached hydrogens (tertiary/aromatic N) is 3. The van der Waals surface area contributed by atoms with Gasteiger partial charge in [-0.15, -0.1) is 0 Å². The molecular weight excluding hydrogens is 360 g/mol. The Hall–Kier alpha value is -1.46. The van der Waals surface area contributed by atoms with Gasteiger partial charge in [-0.3, -0.25) is 0 Å². The van der Waals surface area contributed by atoms with Crippen LogP contribution in [0.25, 0.3) is 0 Å². The second-order valence-electron chi connectivity index (χ2n) is 8.16. The maximum Gasteiger partial charge on any atom is 0.244 e. The van der Waals surface area contributed by atoms with Gasteiger partial charge in [0.25, 0.3) is 0 Å². The van der Waals surface area contributed by atoms with Gasteiger partial charge in [0.1, 0.15) is 24.0 Å². The Labute approximate surface area is 167 Å². The molecule has 0 spiro atoms. The minimum absolute atomic E-state index is 0. The maximum atomic E-state index is 5.96. The summed E-state index contributed by atoms with van der Waals surface area (Å²) in [5, 5.41) is 0. The molecule has 26 heavy (non-hydrogen) atoms. The van der Waals surface area contributed by atoms with Crippen LogP contribution in [0.5, 0.6) is 0 Å². The number of halogens is 1. The van der Waals surface area contributed by atoms with Gasteiger partial charge in [0.2, 0.25) is 6.33 Å². The molecule has 1 fully saturated rings. The predicted molar refractivity (Wildman–Crippen MR) is 109 cm³/mol. The van der Waals surface area contributed by atoms with E-state index in [4.69, 9.17) is 5.73 Å². The van der Waals surface area contributed by atoms with Gasteiger partial charge in [-0.2, -0.15) is 0 Å². The molecule has 0 bridgehead atoms. The quantitative estimate of drug-likeness (QED) is 0.414. The highest BCUT2D eigenvalue weighted by Gasteiger charge is 2.33. The number of benzene rings is 1. The van der Waals surface area contributed by atoms with Crippen molar-refractivity contribution in [2.24, 2.45) is 5.92 Å². The van der Waals surface area contributed by atoms with Gasteiger partial charge in [-0.1, -0.05) is 13.0 Å². The van der Waals surface area contributed by atoms with Gasteiger partial charge in [0, 0.05) is 34.6 Å². The van der Waals surface area contributed by atoms with Gasteiger partial charge >= 0.3 is 0 Å². The third-order valence-corrected chi connectivity index (χ3v) is 7.57. The molecule has 3 rings (SSSR count). The van der Waals surface area contributed by atoms with Crippen LogP contribution in [-0.4, -0.2) is 27.9 Å². The van der Waals surface area contributed by atoms with Crippen LogP contribution in [0.1, 0.15) is 38.8 Å². The van der Waals surface area contributed by atoms with Crippen LogP contribution in [0.15, 0.2) is 36.9 Å². The van der Waals surface area contributed by atoms with Crippen molar-refractivity contribution in [1.29, 1.82) is 0 Å². The highest BCUT2D eigenvalue weighted by Crippen LogP contribution is 2.29. The summed E-state index contributed by atoms with van der Waals surface area (Å²) < 4.78 is 4.82. The minimum atomic E-state index is 0. The average molecular weight is 393 g/mol. The van der Waals surface area contributed by atoms with E-state index in [0.29, 0.717) is 12.0 Å². The smallest absolute Gasteiger partial charge is 0.244 e. The monoisotopic (exact) mass is 392 g/mol. The number of nitrogen functional groups attached to an aromatic ring is 1. The van der Waals surface area contributed by atoms with Gasteiger partial charge in [-0.05, 0) is 50.5 Å². The molecule has 0 radical (unpaired) electrons. The standard InChI is InChI=1S/C20H33N4Si.ClH/c1-15-11-17(5-6-19(15)21)22-8-7-18(12-22)23-9-10-24(14-23)20(3,4)16(2)13-25;/h5-6,9-11,14,16,18H,7-8,12-13,21H2,1-4,25H3;1H/q+1;/p-1. The number of rotatable bonds is 5. The molecule has 6 heteroatoms. The second-order valence-corrected chi connectivity index (χ2v) is 8.98. The molecular formula is C20H33ClN4Si. The Morgan fingerprint density at radius 2 is 2.12 bits per heavy atom. The number of imidazole rings is 1. The Balaban J connectivity index is 0.00000243. The molecule has 1 aliphatic heterocycles. The van der Waals surface area contributed by atoms with Crippen molar-refractivity contribution in [3.63, 3.8) is 0 Å². The summed E-state index contributed by atoms with van der Waals surface area (Å²) in [7, 11) is 1.26. The van der Waals surface area contributed by atoms with Crippen molar-refractivity contribution < 1.29 is 17.0 Å². The molecule has 2 heterocycles. The van der Waals surface area contributed by atoms with Crippen LogP contribution in [-0.2, 0) is 5.54 Å². The summed E-state index contributed by atoms with van der Waals surface area (Å²) in [6.45, 7) is 11.3. The molecule has 0 aliphatic carbocycles. The van der Waals surface area contributed by atoms with E-state index < -0.39 is 0 Å². The molecule has 4 nitrogen and oxygen atoms in total. The molecule has 2 aromatic rings. The largest absolute Gasteiger partial charge is 1.00 e. The van der Waals surface area contributed by atoms with E-state index in [2.05, 4.69) is 72.6 Å². The lowest BCUT2D eigenvalue weighted by Crippen LogP contribution is -3.00. The molecule has 0 saturated carbocycles. The number of aryl methyl sites for hydroxylation is 1. The zero-order valence-corrected chi connectivity index (χ0v) is 19.5. The fraction of sp³-hybridized carbons (Fsp3) is 0.550. The normalized spacial score (nSPS) is 18.8. The first kappa shape index (κ1) is 20.8. The maximum absolute atomic E-state index is 5.96. The third-order valence-electron chi connectivity index (χ3n) is 6.34. The Morgan fingerprint density at radius 1 is 1.38 bits per heavy atom. The van der Waals surface area contributed by atoms with E-state index in [1.165, 1.54) is 34.0 Å². The predicted octanol–water partition coefficient (Wildman–Crippen LogP) is -0.723. The van der Waals surface area contributed by atoms with Crippen LogP contribution in [0.4, 0.5) is 11.4 Å². The number of nitrogens with two attached hydrogens (primary N) is 1. The summed E-state index contributed by atoms with van der Waals surface area (Å²) in [4.78, 5) is 2.48. The average Bonchev–Trinajstić information content (AvgIpc) is 3.25. The lowest BCUT2D eigenvalue weighted by molar-refractivity contribution is -0.764. The Bertz CT molecular complexity index is 743. The third kappa shape index (κ3) is 3.94. The Morgan fingerprint density at radius 3 is 2.77 bits per heavy atom. The summed E-state index contributed by atoms with van der Waals surface area (Å²) in [5.74, 6) is 0.706. The van der Waals surface area contributed by atoms with E-state index in [0.717, 1.165) is 18.8 Å². The molecule has 2 atom stereocenters. The highest BCUT2D eigenvalue weighted by atomic mass is 35.5. The number of anilines is 2. The summed E-state index contributed by atoms with van der Waals surface area (Å²) in [5.41, 5.74) is 9.47. The van der Waals surface area contributed by atoms with Crippen molar-refractivity contribution in [2.75, 3.05) is 23.7 Å². The lowest BCUT2D eigenvalue weighted by atomic mass is 9.90. The zero-order valence-electron chi connectivity index (χ0n) is 16.7. The number of hydrogen-bond donors (Lipinski definition) is 1. The summed E-state index contributed by atoms with van der Waals surface area (Å²) in [6, 6.07) is 8.26. The van der Waals surface area contributed by atoms with Crippen molar-refractivity contribution in [3.05, 3.63) is 42.5 Å². The van der Waals surface area contributed by atoms with Gasteiger partial charge < -0.3 is 23.0 Å². The zero-order chi connectivity index (χ0) is 18.2. The second kappa shape index (κ2) is 8.05. The molecule has 1 saturated heterocycles. The van der Waals surface area contributed by atoms with Crippen molar-refractivity contribution in [1.82, 2.24) is 4.57 Å². The molecule has 144 valence electrons. The first-order valence-electron chi connectivity index (χ1n) is 9.53. The van der Waals surface area contributed by atoms with Crippen LogP contribution in [0.3, 0.4) is 0 Å². The van der Waals surface area contributed by atoms with Gasteiger partial charge in [0.05, 0.1) is 6.54 Å².